The maximum absolute atomic E-state index is 6.11. The number of halogens is 2. The summed E-state index contributed by atoms with van der Waals surface area (Å²) in [4.78, 5) is 13.2. The Bertz CT molecular complexity index is 890. The van der Waals surface area contributed by atoms with Gasteiger partial charge >= 0.3 is 0 Å². The highest BCUT2D eigenvalue weighted by atomic mass is 35.5. The topological polar surface area (TPSA) is 58.3 Å². The Balaban J connectivity index is 1.39. The second-order valence-electron chi connectivity index (χ2n) is 6.60. The lowest BCUT2D eigenvalue weighted by Crippen LogP contribution is -2.43. The van der Waals surface area contributed by atoms with Crippen LogP contribution < -0.4 is 4.90 Å². The summed E-state index contributed by atoms with van der Waals surface area (Å²) in [7, 11) is 2.13. The first-order chi connectivity index (χ1) is 12.6. The molecule has 0 atom stereocenters. The summed E-state index contributed by atoms with van der Waals surface area (Å²) in [5, 5.41) is 6.46. The minimum atomic E-state index is 0.476. The molecule has 1 aromatic carbocycles. The van der Waals surface area contributed by atoms with E-state index in [1.807, 2.05) is 18.2 Å². The Labute approximate surface area is 161 Å². The lowest BCUT2D eigenvalue weighted by Gasteiger charge is -2.36. The zero-order chi connectivity index (χ0) is 18.1. The quantitative estimate of drug-likeness (QED) is 0.668. The van der Waals surface area contributed by atoms with Gasteiger partial charge in [-0.05, 0) is 38.1 Å². The first-order valence-corrected chi connectivity index (χ1v) is 9.32. The molecule has 2 aromatic heterocycles. The number of benzene rings is 1. The fourth-order valence-corrected chi connectivity index (χ4v) is 3.69. The van der Waals surface area contributed by atoms with Gasteiger partial charge in [-0.25, -0.2) is 9.97 Å². The van der Waals surface area contributed by atoms with Crippen LogP contribution in [0.15, 0.2) is 35.1 Å². The van der Waals surface area contributed by atoms with E-state index >= 15 is 0 Å². The molecule has 3 heterocycles. The van der Waals surface area contributed by atoms with Gasteiger partial charge in [-0.1, -0.05) is 28.4 Å². The molecular weight excluding hydrogens is 373 g/mol. The zero-order valence-corrected chi connectivity index (χ0v) is 15.9. The van der Waals surface area contributed by atoms with E-state index in [1.54, 1.807) is 12.4 Å². The molecule has 1 saturated heterocycles. The molecule has 8 heteroatoms. The van der Waals surface area contributed by atoms with E-state index in [-0.39, 0.29) is 0 Å². The van der Waals surface area contributed by atoms with E-state index < -0.39 is 0 Å². The van der Waals surface area contributed by atoms with Crippen molar-refractivity contribution in [3.05, 3.63) is 46.3 Å². The molecule has 0 radical (unpaired) electrons. The average Bonchev–Trinajstić information content (AvgIpc) is 3.04. The Kier molecular flexibility index (Phi) is 4.98. The predicted molar refractivity (Wildman–Crippen MR) is 103 cm³/mol. The second-order valence-corrected chi connectivity index (χ2v) is 7.48. The number of piperidine rings is 1. The minimum absolute atomic E-state index is 0.476. The minimum Gasteiger partial charge on any atom is -0.356 e. The van der Waals surface area contributed by atoms with Crippen molar-refractivity contribution in [2.24, 2.45) is 0 Å². The number of fused-ring (bicyclic) bond motifs is 1. The predicted octanol–water partition coefficient (Wildman–Crippen LogP) is 4.03. The van der Waals surface area contributed by atoms with E-state index in [4.69, 9.17) is 27.7 Å². The molecule has 136 valence electrons. The van der Waals surface area contributed by atoms with Crippen LogP contribution in [0.25, 0.3) is 11.0 Å². The molecule has 1 fully saturated rings. The van der Waals surface area contributed by atoms with Crippen molar-refractivity contribution in [2.45, 2.75) is 25.4 Å². The van der Waals surface area contributed by atoms with Crippen LogP contribution in [0.1, 0.15) is 18.5 Å². The summed E-state index contributed by atoms with van der Waals surface area (Å²) < 4.78 is 5.41. The van der Waals surface area contributed by atoms with Gasteiger partial charge in [0.25, 0.3) is 0 Å². The Hall–Kier alpha value is -1.89. The third-order valence-corrected chi connectivity index (χ3v) is 5.31. The molecule has 6 nitrogen and oxygen atoms in total. The summed E-state index contributed by atoms with van der Waals surface area (Å²) in [6.07, 6.45) is 5.36. The fourth-order valence-electron chi connectivity index (χ4n) is 3.42. The smallest absolute Gasteiger partial charge is 0.225 e. The first kappa shape index (κ1) is 17.5. The summed E-state index contributed by atoms with van der Waals surface area (Å²) in [6.45, 7) is 2.57. The van der Waals surface area contributed by atoms with Crippen LogP contribution in [0, 0.1) is 0 Å². The largest absolute Gasteiger partial charge is 0.356 e. The van der Waals surface area contributed by atoms with E-state index in [0.717, 1.165) is 55.1 Å². The van der Waals surface area contributed by atoms with Gasteiger partial charge in [0.2, 0.25) is 5.95 Å². The molecule has 0 bridgehead atoms. The molecule has 4 rings (SSSR count). The molecule has 0 amide bonds. The van der Waals surface area contributed by atoms with Crippen molar-refractivity contribution in [1.82, 2.24) is 20.0 Å². The zero-order valence-electron chi connectivity index (χ0n) is 14.4. The van der Waals surface area contributed by atoms with Crippen molar-refractivity contribution in [3.63, 3.8) is 0 Å². The SMILES string of the molecule is CN(Cc1noc2ccc(Cl)cc12)C1CCN(c2ncc(Cl)cn2)CC1. The van der Waals surface area contributed by atoms with E-state index in [1.165, 1.54) is 0 Å². The van der Waals surface area contributed by atoms with Gasteiger partial charge in [-0.15, -0.1) is 0 Å². The van der Waals surface area contributed by atoms with Crippen LogP contribution in [0.2, 0.25) is 10.0 Å². The van der Waals surface area contributed by atoms with E-state index in [2.05, 4.69) is 32.0 Å². The van der Waals surface area contributed by atoms with Gasteiger partial charge in [0.05, 0.1) is 17.4 Å². The van der Waals surface area contributed by atoms with Crippen LogP contribution in [-0.4, -0.2) is 46.2 Å². The summed E-state index contributed by atoms with van der Waals surface area (Å²) in [5.41, 5.74) is 1.70. The van der Waals surface area contributed by atoms with E-state index in [9.17, 15) is 0 Å². The van der Waals surface area contributed by atoms with Crippen molar-refractivity contribution in [1.29, 1.82) is 0 Å². The van der Waals surface area contributed by atoms with Gasteiger partial charge in [0.1, 0.15) is 5.69 Å². The van der Waals surface area contributed by atoms with Crippen molar-refractivity contribution in [3.8, 4) is 0 Å². The number of rotatable bonds is 4. The number of hydrogen-bond donors (Lipinski definition) is 0. The van der Waals surface area contributed by atoms with Crippen molar-refractivity contribution >= 4 is 40.1 Å². The van der Waals surface area contributed by atoms with E-state index in [0.29, 0.717) is 16.1 Å². The molecule has 0 N–H and O–H groups in total. The lowest BCUT2D eigenvalue weighted by atomic mass is 10.0. The van der Waals surface area contributed by atoms with Crippen molar-refractivity contribution < 1.29 is 4.52 Å². The van der Waals surface area contributed by atoms with Crippen LogP contribution >= 0.6 is 23.2 Å². The Morgan fingerprint density at radius 2 is 1.88 bits per heavy atom. The molecule has 0 saturated carbocycles. The highest BCUT2D eigenvalue weighted by Crippen LogP contribution is 2.25. The highest BCUT2D eigenvalue weighted by molar-refractivity contribution is 6.31. The molecule has 26 heavy (non-hydrogen) atoms. The molecule has 0 spiro atoms. The summed E-state index contributed by atoms with van der Waals surface area (Å²) in [5.74, 6) is 0.743. The van der Waals surface area contributed by atoms with Gasteiger partial charge in [0.15, 0.2) is 5.58 Å². The monoisotopic (exact) mass is 391 g/mol. The number of anilines is 1. The normalized spacial score (nSPS) is 15.9. The van der Waals surface area contributed by atoms with Gasteiger partial charge in [-0.2, -0.15) is 0 Å². The van der Waals surface area contributed by atoms with Crippen LogP contribution in [-0.2, 0) is 6.54 Å². The third kappa shape index (κ3) is 3.63. The second kappa shape index (κ2) is 7.39. The Morgan fingerprint density at radius 1 is 1.15 bits per heavy atom. The third-order valence-electron chi connectivity index (χ3n) is 4.88. The Morgan fingerprint density at radius 3 is 2.62 bits per heavy atom. The number of aromatic nitrogens is 3. The molecule has 1 aliphatic heterocycles. The average molecular weight is 392 g/mol. The van der Waals surface area contributed by atoms with Gasteiger partial charge in [0, 0.05) is 36.1 Å². The summed E-state index contributed by atoms with van der Waals surface area (Å²) in [6, 6.07) is 6.07. The fraction of sp³-hybridized carbons (Fsp3) is 0.389. The maximum Gasteiger partial charge on any atom is 0.225 e. The standard InChI is InChI=1S/C18H19Cl2N5O/c1-24(11-16-15-8-12(19)2-3-17(15)26-23-16)14-4-6-25(7-5-14)18-21-9-13(20)10-22-18/h2-3,8-10,14H,4-7,11H2,1H3. The molecule has 3 aromatic rings. The van der Waals surface area contributed by atoms with Crippen molar-refractivity contribution in [2.75, 3.05) is 25.0 Å². The molecular formula is C18H19Cl2N5O. The highest BCUT2D eigenvalue weighted by Gasteiger charge is 2.25. The molecule has 0 unspecified atom stereocenters. The first-order valence-electron chi connectivity index (χ1n) is 8.57. The van der Waals surface area contributed by atoms with Gasteiger partial charge < -0.3 is 9.42 Å². The van der Waals surface area contributed by atoms with Crippen LogP contribution in [0.5, 0.6) is 0 Å². The number of nitrogens with zero attached hydrogens (tertiary/aromatic N) is 5. The van der Waals surface area contributed by atoms with Crippen LogP contribution in [0.3, 0.4) is 0 Å². The maximum atomic E-state index is 6.11. The lowest BCUT2D eigenvalue weighted by molar-refractivity contribution is 0.195. The van der Waals surface area contributed by atoms with Crippen LogP contribution in [0.4, 0.5) is 5.95 Å². The molecule has 0 aliphatic carbocycles. The number of hydrogen-bond acceptors (Lipinski definition) is 6. The summed E-state index contributed by atoms with van der Waals surface area (Å²) >= 11 is 12.0. The van der Waals surface area contributed by atoms with Gasteiger partial charge in [-0.3, -0.25) is 4.90 Å². The molecule has 1 aliphatic rings.